The summed E-state index contributed by atoms with van der Waals surface area (Å²) in [6.07, 6.45) is 1.79. The van der Waals surface area contributed by atoms with Gasteiger partial charge in [0.2, 0.25) is 5.91 Å². The molecular weight excluding hydrogens is 418 g/mol. The molecule has 0 aliphatic heterocycles. The van der Waals surface area contributed by atoms with Gasteiger partial charge in [0.05, 0.1) is 12.3 Å². The summed E-state index contributed by atoms with van der Waals surface area (Å²) < 4.78 is 1.95. The molecule has 1 aromatic heterocycles. The van der Waals surface area contributed by atoms with Crippen molar-refractivity contribution in [3.8, 4) is 0 Å². The summed E-state index contributed by atoms with van der Waals surface area (Å²) in [7, 11) is 0. The first-order valence-corrected chi connectivity index (χ1v) is 10.9. The monoisotopic (exact) mass is 441 g/mol. The molecule has 1 heterocycles. The molecule has 0 saturated carbocycles. The van der Waals surface area contributed by atoms with E-state index in [4.69, 9.17) is 11.6 Å². The molecule has 0 fully saturated rings. The van der Waals surface area contributed by atoms with Gasteiger partial charge in [0.25, 0.3) is 0 Å². The van der Waals surface area contributed by atoms with Crippen molar-refractivity contribution < 1.29 is 4.79 Å². The summed E-state index contributed by atoms with van der Waals surface area (Å²) in [4.78, 5) is 12.3. The van der Waals surface area contributed by atoms with E-state index in [0.29, 0.717) is 23.3 Å². The minimum absolute atomic E-state index is 0.0915. The minimum atomic E-state index is -0.0915. The summed E-state index contributed by atoms with van der Waals surface area (Å²) in [6, 6.07) is 13.4. The van der Waals surface area contributed by atoms with Crippen molar-refractivity contribution in [2.45, 2.75) is 32.1 Å². The highest BCUT2D eigenvalue weighted by atomic mass is 35.5. The van der Waals surface area contributed by atoms with Crippen LogP contribution < -0.4 is 10.6 Å². The van der Waals surface area contributed by atoms with E-state index >= 15 is 0 Å². The van der Waals surface area contributed by atoms with Crippen LogP contribution in [0.15, 0.2) is 60.3 Å². The third kappa shape index (κ3) is 5.64. The van der Waals surface area contributed by atoms with Gasteiger partial charge in [0.15, 0.2) is 11.0 Å². The third-order valence-corrected chi connectivity index (χ3v) is 5.85. The largest absolute Gasteiger partial charge is 0.377 e. The molecular formula is C22H24ClN5OS. The average molecular weight is 442 g/mol. The number of hydrogen-bond acceptors (Lipinski definition) is 5. The van der Waals surface area contributed by atoms with Gasteiger partial charge in [-0.05, 0) is 43.7 Å². The van der Waals surface area contributed by atoms with Gasteiger partial charge < -0.3 is 15.2 Å². The summed E-state index contributed by atoms with van der Waals surface area (Å²) in [5, 5.41) is 16.2. The number of allylic oxidation sites excluding steroid dienone is 1. The molecule has 0 aliphatic rings. The first kappa shape index (κ1) is 21.9. The van der Waals surface area contributed by atoms with Gasteiger partial charge in [-0.1, -0.05) is 53.2 Å². The van der Waals surface area contributed by atoms with Crippen molar-refractivity contribution >= 4 is 40.6 Å². The zero-order chi connectivity index (χ0) is 21.5. The van der Waals surface area contributed by atoms with Gasteiger partial charge in [-0.15, -0.1) is 16.8 Å². The van der Waals surface area contributed by atoms with E-state index in [-0.39, 0.29) is 11.7 Å². The van der Waals surface area contributed by atoms with Crippen LogP contribution in [0.2, 0.25) is 5.02 Å². The molecule has 3 rings (SSSR count). The quantitative estimate of drug-likeness (QED) is 0.358. The SMILES string of the molecule is C=CCn1c(CNc2cccc(Cl)c2C)nnc1SCC(=O)Nc1ccc(C)cc1. The van der Waals surface area contributed by atoms with Crippen LogP contribution in [0.4, 0.5) is 11.4 Å². The smallest absolute Gasteiger partial charge is 0.234 e. The van der Waals surface area contributed by atoms with E-state index in [1.807, 2.05) is 60.9 Å². The highest BCUT2D eigenvalue weighted by Gasteiger charge is 2.14. The second kappa shape index (κ2) is 10.3. The second-order valence-electron chi connectivity index (χ2n) is 6.77. The number of nitrogens with zero attached hydrogens (tertiary/aromatic N) is 3. The van der Waals surface area contributed by atoms with Crippen LogP contribution in [-0.4, -0.2) is 26.4 Å². The fourth-order valence-electron chi connectivity index (χ4n) is 2.81. The van der Waals surface area contributed by atoms with Gasteiger partial charge >= 0.3 is 0 Å². The normalized spacial score (nSPS) is 10.6. The Bertz CT molecular complexity index is 1030. The number of carbonyl (C=O) groups excluding carboxylic acids is 1. The predicted octanol–water partition coefficient (Wildman–Crippen LogP) is 5.08. The molecule has 2 N–H and O–H groups in total. The molecule has 3 aromatic rings. The van der Waals surface area contributed by atoms with Crippen LogP contribution in [0.25, 0.3) is 0 Å². The molecule has 0 radical (unpaired) electrons. The zero-order valence-corrected chi connectivity index (χ0v) is 18.6. The topological polar surface area (TPSA) is 71.8 Å². The van der Waals surface area contributed by atoms with Gasteiger partial charge in [0, 0.05) is 22.9 Å². The number of nitrogens with one attached hydrogen (secondary N) is 2. The molecule has 0 spiro atoms. The molecule has 0 aliphatic carbocycles. The minimum Gasteiger partial charge on any atom is -0.377 e. The first-order valence-electron chi connectivity index (χ1n) is 9.49. The number of amides is 1. The van der Waals surface area contributed by atoms with Crippen LogP contribution in [0.1, 0.15) is 17.0 Å². The van der Waals surface area contributed by atoms with Crippen LogP contribution in [-0.2, 0) is 17.9 Å². The summed E-state index contributed by atoms with van der Waals surface area (Å²) in [5.41, 5.74) is 3.85. The predicted molar refractivity (Wildman–Crippen MR) is 124 cm³/mol. The van der Waals surface area contributed by atoms with E-state index in [1.54, 1.807) is 6.08 Å². The Labute approximate surface area is 185 Å². The lowest BCUT2D eigenvalue weighted by atomic mass is 10.2. The number of aryl methyl sites for hydroxylation is 1. The van der Waals surface area contributed by atoms with E-state index in [9.17, 15) is 4.79 Å². The lowest BCUT2D eigenvalue weighted by molar-refractivity contribution is -0.113. The van der Waals surface area contributed by atoms with Gasteiger partial charge in [-0.2, -0.15) is 0 Å². The maximum absolute atomic E-state index is 12.3. The van der Waals surface area contributed by atoms with Crippen LogP contribution >= 0.6 is 23.4 Å². The number of thioether (sulfide) groups is 1. The molecule has 156 valence electrons. The van der Waals surface area contributed by atoms with Crippen molar-refractivity contribution in [2.24, 2.45) is 0 Å². The lowest BCUT2D eigenvalue weighted by Crippen LogP contribution is -2.15. The Morgan fingerprint density at radius 3 is 2.70 bits per heavy atom. The van der Waals surface area contributed by atoms with Crippen LogP contribution in [0, 0.1) is 13.8 Å². The fraction of sp³-hybridized carbons (Fsp3) is 0.227. The molecule has 0 saturated heterocycles. The second-order valence-corrected chi connectivity index (χ2v) is 8.12. The maximum Gasteiger partial charge on any atom is 0.234 e. The average Bonchev–Trinajstić information content (AvgIpc) is 3.11. The van der Waals surface area contributed by atoms with Crippen molar-refractivity contribution in [1.29, 1.82) is 0 Å². The van der Waals surface area contributed by atoms with Crippen LogP contribution in [0.3, 0.4) is 0 Å². The van der Waals surface area contributed by atoms with Gasteiger partial charge in [-0.25, -0.2) is 0 Å². The highest BCUT2D eigenvalue weighted by molar-refractivity contribution is 7.99. The zero-order valence-electron chi connectivity index (χ0n) is 17.0. The molecule has 0 atom stereocenters. The number of anilines is 2. The standard InChI is InChI=1S/C22H24ClN5OS/c1-4-12-28-20(13-24-19-7-5-6-18(23)16(19)3)26-27-22(28)30-14-21(29)25-17-10-8-15(2)9-11-17/h4-11,24H,1,12-14H2,2-3H3,(H,25,29). The molecule has 0 unspecified atom stereocenters. The van der Waals surface area contributed by atoms with Crippen molar-refractivity contribution in [2.75, 3.05) is 16.4 Å². The number of aromatic nitrogens is 3. The van der Waals surface area contributed by atoms with Gasteiger partial charge in [0.1, 0.15) is 0 Å². The number of benzene rings is 2. The highest BCUT2D eigenvalue weighted by Crippen LogP contribution is 2.24. The Morgan fingerprint density at radius 1 is 1.20 bits per heavy atom. The number of carbonyl (C=O) groups is 1. The molecule has 1 amide bonds. The molecule has 0 bridgehead atoms. The van der Waals surface area contributed by atoms with Crippen molar-refractivity contribution in [3.05, 3.63) is 77.1 Å². The number of rotatable bonds is 9. The lowest BCUT2D eigenvalue weighted by Gasteiger charge is -2.12. The van der Waals surface area contributed by atoms with E-state index in [2.05, 4.69) is 27.4 Å². The summed E-state index contributed by atoms with van der Waals surface area (Å²) in [6.45, 7) is 8.83. The van der Waals surface area contributed by atoms with Crippen molar-refractivity contribution in [1.82, 2.24) is 14.8 Å². The van der Waals surface area contributed by atoms with E-state index < -0.39 is 0 Å². The number of halogens is 1. The molecule has 30 heavy (non-hydrogen) atoms. The Hall–Kier alpha value is -2.77. The number of hydrogen-bond donors (Lipinski definition) is 2. The van der Waals surface area contributed by atoms with Crippen molar-refractivity contribution in [3.63, 3.8) is 0 Å². The van der Waals surface area contributed by atoms with Gasteiger partial charge in [-0.3, -0.25) is 4.79 Å². The Balaban J connectivity index is 1.63. The summed E-state index contributed by atoms with van der Waals surface area (Å²) in [5.74, 6) is 0.909. The van der Waals surface area contributed by atoms with E-state index in [0.717, 1.165) is 28.3 Å². The Kier molecular flexibility index (Phi) is 7.54. The van der Waals surface area contributed by atoms with Crippen LogP contribution in [0.5, 0.6) is 0 Å². The summed E-state index contributed by atoms with van der Waals surface area (Å²) >= 11 is 7.54. The fourth-order valence-corrected chi connectivity index (χ4v) is 3.75. The molecule has 8 heteroatoms. The molecule has 2 aromatic carbocycles. The third-order valence-electron chi connectivity index (χ3n) is 4.48. The maximum atomic E-state index is 12.3. The Morgan fingerprint density at radius 2 is 1.97 bits per heavy atom. The van der Waals surface area contributed by atoms with E-state index in [1.165, 1.54) is 11.8 Å². The first-order chi connectivity index (χ1) is 14.5. The molecule has 6 nitrogen and oxygen atoms in total.